The number of hydrogen-bond donors (Lipinski definition) is 3. The smallest absolute Gasteiger partial charge is 0.237 e. The average molecular weight is 448 g/mol. The van der Waals surface area contributed by atoms with Gasteiger partial charge in [0.2, 0.25) is 5.88 Å². The number of anilines is 1. The van der Waals surface area contributed by atoms with Crippen LogP contribution >= 0.6 is 0 Å². The van der Waals surface area contributed by atoms with E-state index in [1.807, 2.05) is 68.1 Å². The summed E-state index contributed by atoms with van der Waals surface area (Å²) < 4.78 is 7.80. The number of nitrogens with zero attached hydrogens (tertiary/aromatic N) is 4. The zero-order valence-corrected chi connectivity index (χ0v) is 19.5. The molecule has 0 bridgehead atoms. The quantitative estimate of drug-likeness (QED) is 0.481. The van der Waals surface area contributed by atoms with E-state index >= 15 is 0 Å². The Labute approximate surface area is 195 Å². The summed E-state index contributed by atoms with van der Waals surface area (Å²) in [5.74, 6) is 0.914. The summed E-state index contributed by atoms with van der Waals surface area (Å²) in [4.78, 5) is 8.50. The Bertz CT molecular complexity index is 1020. The molecular formula is C25H33N7O. The Hall–Kier alpha value is -3.65. The van der Waals surface area contributed by atoms with Gasteiger partial charge in [-0.3, -0.25) is 9.67 Å². The first-order chi connectivity index (χ1) is 16.1. The normalized spacial score (nSPS) is 16.2. The number of fused-ring (bicyclic) bond motifs is 1. The van der Waals surface area contributed by atoms with Crippen molar-refractivity contribution >= 4 is 11.9 Å². The molecule has 0 radical (unpaired) electrons. The minimum Gasteiger partial charge on any atom is -0.470 e. The van der Waals surface area contributed by atoms with Crippen LogP contribution in [0, 0.1) is 5.92 Å². The standard InChI is InChI=1S/C19H27N7O.C6H6/c1-13(15(5-20)7-21-2)6-22-10-17-11-23-18-4-14(8-24-19(18)27-17)16-9-25-26(3)12-16;1-2-4-6-5-3-1/h4-5,7-9,12-13,17,22-23H,6,10-11,20H2,1-3H3;1-6H/b15-5+,21-7?;. The van der Waals surface area contributed by atoms with E-state index in [2.05, 4.69) is 32.6 Å². The van der Waals surface area contributed by atoms with E-state index < -0.39 is 0 Å². The lowest BCUT2D eigenvalue weighted by atomic mass is 10.0. The van der Waals surface area contributed by atoms with Crippen molar-refractivity contribution < 1.29 is 4.74 Å². The van der Waals surface area contributed by atoms with E-state index in [1.54, 1.807) is 24.1 Å². The fourth-order valence-electron chi connectivity index (χ4n) is 3.39. The number of aryl methyl sites for hydroxylation is 1. The molecule has 3 aromatic rings. The van der Waals surface area contributed by atoms with Crippen LogP contribution in [-0.4, -0.2) is 53.8 Å². The van der Waals surface area contributed by atoms with Gasteiger partial charge in [0.15, 0.2) is 0 Å². The second kappa shape index (κ2) is 12.4. The van der Waals surface area contributed by atoms with Crippen molar-refractivity contribution in [2.24, 2.45) is 23.7 Å². The number of rotatable bonds is 7. The monoisotopic (exact) mass is 447 g/mol. The summed E-state index contributed by atoms with van der Waals surface area (Å²) in [5, 5.41) is 11.1. The lowest BCUT2D eigenvalue weighted by molar-refractivity contribution is 0.193. The highest BCUT2D eigenvalue weighted by molar-refractivity contribution is 5.78. The van der Waals surface area contributed by atoms with Crippen molar-refractivity contribution in [1.82, 2.24) is 20.1 Å². The zero-order chi connectivity index (χ0) is 23.5. The van der Waals surface area contributed by atoms with Gasteiger partial charge in [-0.25, -0.2) is 4.98 Å². The number of ether oxygens (including phenoxy) is 1. The van der Waals surface area contributed by atoms with Crippen LogP contribution in [0.3, 0.4) is 0 Å². The topological polar surface area (TPSA) is 102 Å². The molecule has 0 spiro atoms. The molecule has 1 aliphatic rings. The number of benzene rings is 1. The summed E-state index contributed by atoms with van der Waals surface area (Å²) in [7, 11) is 3.64. The lowest BCUT2D eigenvalue weighted by Gasteiger charge is -2.27. The minimum absolute atomic E-state index is 0.0200. The summed E-state index contributed by atoms with van der Waals surface area (Å²) in [6, 6.07) is 14.0. The number of aliphatic imine (C=N–C) groups is 1. The van der Waals surface area contributed by atoms with Gasteiger partial charge in [0.25, 0.3) is 0 Å². The van der Waals surface area contributed by atoms with E-state index in [1.165, 1.54) is 0 Å². The highest BCUT2D eigenvalue weighted by atomic mass is 16.5. The highest BCUT2D eigenvalue weighted by Crippen LogP contribution is 2.31. The van der Waals surface area contributed by atoms with Crippen LogP contribution in [0.5, 0.6) is 5.88 Å². The predicted octanol–water partition coefficient (Wildman–Crippen LogP) is 3.11. The third-order valence-electron chi connectivity index (χ3n) is 5.22. The molecular weight excluding hydrogens is 414 g/mol. The average Bonchev–Trinajstić information content (AvgIpc) is 3.29. The molecule has 2 unspecified atom stereocenters. The maximum absolute atomic E-state index is 6.02. The Balaban J connectivity index is 0.000000442. The molecule has 2 atom stereocenters. The number of aromatic nitrogens is 3. The van der Waals surface area contributed by atoms with Crippen molar-refractivity contribution in [3.05, 3.63) is 72.8 Å². The molecule has 0 saturated carbocycles. The van der Waals surface area contributed by atoms with E-state index in [0.29, 0.717) is 5.88 Å². The summed E-state index contributed by atoms with van der Waals surface area (Å²) in [6.45, 7) is 4.37. The van der Waals surface area contributed by atoms with E-state index in [-0.39, 0.29) is 12.0 Å². The fraction of sp³-hybridized carbons (Fsp3) is 0.320. The third-order valence-corrected chi connectivity index (χ3v) is 5.22. The predicted molar refractivity (Wildman–Crippen MR) is 135 cm³/mol. The maximum atomic E-state index is 6.02. The van der Waals surface area contributed by atoms with Gasteiger partial charge in [-0.1, -0.05) is 43.3 Å². The van der Waals surface area contributed by atoms with Crippen molar-refractivity contribution in [1.29, 1.82) is 0 Å². The Morgan fingerprint density at radius 2 is 2.00 bits per heavy atom. The van der Waals surface area contributed by atoms with Crippen LogP contribution in [0.1, 0.15) is 6.92 Å². The molecule has 0 fully saturated rings. The van der Waals surface area contributed by atoms with Crippen LogP contribution < -0.4 is 21.1 Å². The number of nitrogens with one attached hydrogen (secondary N) is 2. The minimum atomic E-state index is 0.0200. The molecule has 1 aromatic carbocycles. The van der Waals surface area contributed by atoms with Crippen LogP contribution in [0.25, 0.3) is 11.1 Å². The molecule has 0 amide bonds. The maximum Gasteiger partial charge on any atom is 0.237 e. The fourth-order valence-corrected chi connectivity index (χ4v) is 3.39. The summed E-state index contributed by atoms with van der Waals surface area (Å²) >= 11 is 0. The second-order valence-electron chi connectivity index (χ2n) is 7.87. The first-order valence-electron chi connectivity index (χ1n) is 11.0. The van der Waals surface area contributed by atoms with Gasteiger partial charge < -0.3 is 21.1 Å². The Kier molecular flexibility index (Phi) is 9.02. The van der Waals surface area contributed by atoms with E-state index in [4.69, 9.17) is 10.5 Å². The SMILES string of the molecule is CN=C/C(=C\N)C(C)CNCC1CNc2cc(-c3cnn(C)c3)cnc2O1.c1ccccc1. The van der Waals surface area contributed by atoms with Gasteiger partial charge in [-0.2, -0.15) is 5.10 Å². The van der Waals surface area contributed by atoms with E-state index in [0.717, 1.165) is 42.0 Å². The molecule has 0 saturated heterocycles. The van der Waals surface area contributed by atoms with Crippen molar-refractivity contribution in [2.45, 2.75) is 13.0 Å². The van der Waals surface area contributed by atoms with Gasteiger partial charge in [0.05, 0.1) is 18.4 Å². The molecule has 174 valence electrons. The molecule has 0 aliphatic carbocycles. The molecule has 4 N–H and O–H groups in total. The highest BCUT2D eigenvalue weighted by Gasteiger charge is 2.21. The van der Waals surface area contributed by atoms with Gasteiger partial charge in [0.1, 0.15) is 6.10 Å². The van der Waals surface area contributed by atoms with Crippen LogP contribution in [-0.2, 0) is 7.05 Å². The van der Waals surface area contributed by atoms with Crippen molar-refractivity contribution in [3.63, 3.8) is 0 Å². The zero-order valence-electron chi connectivity index (χ0n) is 19.5. The summed E-state index contributed by atoms with van der Waals surface area (Å²) in [5.41, 5.74) is 9.63. The van der Waals surface area contributed by atoms with Crippen LogP contribution in [0.15, 0.2) is 77.8 Å². The molecule has 1 aliphatic heterocycles. The largest absolute Gasteiger partial charge is 0.470 e. The molecule has 33 heavy (non-hydrogen) atoms. The molecule has 8 nitrogen and oxygen atoms in total. The molecule has 8 heteroatoms. The summed E-state index contributed by atoms with van der Waals surface area (Å²) in [6.07, 6.45) is 9.04. The van der Waals surface area contributed by atoms with E-state index in [9.17, 15) is 0 Å². The van der Waals surface area contributed by atoms with Crippen molar-refractivity contribution in [2.75, 3.05) is 32.0 Å². The first kappa shape index (κ1) is 24.0. The number of hydrogen-bond acceptors (Lipinski definition) is 7. The number of nitrogens with two attached hydrogens (primary N) is 1. The van der Waals surface area contributed by atoms with Gasteiger partial charge >= 0.3 is 0 Å². The van der Waals surface area contributed by atoms with Gasteiger partial charge in [-0.15, -0.1) is 0 Å². The van der Waals surface area contributed by atoms with Gasteiger partial charge in [0, 0.05) is 56.9 Å². The molecule has 2 aromatic heterocycles. The third kappa shape index (κ3) is 7.18. The second-order valence-corrected chi connectivity index (χ2v) is 7.87. The Morgan fingerprint density at radius 3 is 2.61 bits per heavy atom. The lowest BCUT2D eigenvalue weighted by Crippen LogP contribution is -2.41. The van der Waals surface area contributed by atoms with Gasteiger partial charge in [-0.05, 0) is 23.8 Å². The van der Waals surface area contributed by atoms with Crippen LogP contribution in [0.2, 0.25) is 0 Å². The van der Waals surface area contributed by atoms with Crippen molar-refractivity contribution in [3.8, 4) is 17.0 Å². The molecule has 4 rings (SSSR count). The number of pyridine rings is 1. The van der Waals surface area contributed by atoms with Crippen LogP contribution in [0.4, 0.5) is 5.69 Å². The molecule has 3 heterocycles. The first-order valence-corrected chi connectivity index (χ1v) is 11.0. The Morgan fingerprint density at radius 1 is 1.27 bits per heavy atom.